The number of nitrogens with zero attached hydrogens (tertiary/aromatic N) is 4. The van der Waals surface area contributed by atoms with E-state index in [0.717, 1.165) is 39.1 Å². The van der Waals surface area contributed by atoms with Crippen LogP contribution in [0, 0.1) is 0 Å². The maximum atomic E-state index is 12.3. The van der Waals surface area contributed by atoms with E-state index in [1.807, 2.05) is 0 Å². The van der Waals surface area contributed by atoms with Crippen LogP contribution >= 0.6 is 0 Å². The van der Waals surface area contributed by atoms with Crippen molar-refractivity contribution in [2.24, 2.45) is 0 Å². The smallest absolute Gasteiger partial charge is 0.273 e. The lowest BCUT2D eigenvalue weighted by atomic mass is 9.89. The molecule has 0 unspecified atom stereocenters. The minimum Gasteiger partial charge on any atom is -0.376 e. The van der Waals surface area contributed by atoms with E-state index < -0.39 is 0 Å². The van der Waals surface area contributed by atoms with Gasteiger partial charge in [-0.25, -0.2) is 4.68 Å². The first-order chi connectivity index (χ1) is 13.8. The summed E-state index contributed by atoms with van der Waals surface area (Å²) < 4.78 is 7.31. The Morgan fingerprint density at radius 2 is 2.00 bits per heavy atom. The van der Waals surface area contributed by atoms with Gasteiger partial charge in [-0.15, -0.1) is 5.10 Å². The lowest BCUT2D eigenvalue weighted by Gasteiger charge is -2.32. The Kier molecular flexibility index (Phi) is 6.34. The number of aromatic nitrogens is 3. The fourth-order valence-corrected chi connectivity index (χ4v) is 4.12. The zero-order valence-corrected chi connectivity index (χ0v) is 16.3. The third-order valence-corrected chi connectivity index (χ3v) is 5.76. The minimum atomic E-state index is -0.155. The van der Waals surface area contributed by atoms with Crippen molar-refractivity contribution in [3.05, 3.63) is 47.8 Å². The number of nitrogens with one attached hydrogen (secondary N) is 1. The molecular formula is C21H29N5O2. The van der Waals surface area contributed by atoms with Crippen LogP contribution < -0.4 is 5.32 Å². The second kappa shape index (κ2) is 9.30. The topological polar surface area (TPSA) is 72.3 Å². The van der Waals surface area contributed by atoms with Gasteiger partial charge in [0, 0.05) is 19.7 Å². The van der Waals surface area contributed by atoms with Crippen molar-refractivity contribution in [2.75, 3.05) is 32.8 Å². The van der Waals surface area contributed by atoms with Gasteiger partial charge < -0.3 is 15.0 Å². The van der Waals surface area contributed by atoms with Gasteiger partial charge in [0.25, 0.3) is 5.91 Å². The average molecular weight is 383 g/mol. The van der Waals surface area contributed by atoms with Gasteiger partial charge in [-0.2, -0.15) is 0 Å². The van der Waals surface area contributed by atoms with Gasteiger partial charge in [-0.1, -0.05) is 35.5 Å². The monoisotopic (exact) mass is 383 g/mol. The van der Waals surface area contributed by atoms with Crippen molar-refractivity contribution >= 4 is 5.91 Å². The largest absolute Gasteiger partial charge is 0.376 e. The Morgan fingerprint density at radius 1 is 1.18 bits per heavy atom. The highest BCUT2D eigenvalue weighted by Crippen LogP contribution is 2.27. The molecule has 28 heavy (non-hydrogen) atoms. The van der Waals surface area contributed by atoms with Crippen LogP contribution in [0.1, 0.15) is 47.7 Å². The molecule has 1 aromatic heterocycles. The molecule has 0 radical (unpaired) electrons. The lowest BCUT2D eigenvalue weighted by molar-refractivity contribution is 0.0927. The maximum Gasteiger partial charge on any atom is 0.273 e. The van der Waals surface area contributed by atoms with Crippen LogP contribution in [-0.4, -0.2) is 64.7 Å². The molecule has 2 saturated heterocycles. The number of carbonyl (C=O) groups is 1. The van der Waals surface area contributed by atoms with Gasteiger partial charge in [0.1, 0.15) is 0 Å². The fourth-order valence-electron chi connectivity index (χ4n) is 4.12. The Hall–Kier alpha value is -2.25. The molecule has 1 atom stereocenters. The number of likely N-dealkylation sites (tertiary alicyclic amines) is 1. The van der Waals surface area contributed by atoms with Crippen LogP contribution in [0.5, 0.6) is 0 Å². The first-order valence-corrected chi connectivity index (χ1v) is 10.3. The van der Waals surface area contributed by atoms with Crippen LogP contribution in [0.3, 0.4) is 0 Å². The highest BCUT2D eigenvalue weighted by molar-refractivity contribution is 5.91. The Labute approximate surface area is 166 Å². The molecule has 1 aromatic carbocycles. The number of amides is 1. The van der Waals surface area contributed by atoms with E-state index in [2.05, 4.69) is 50.9 Å². The predicted molar refractivity (Wildman–Crippen MR) is 106 cm³/mol. The molecule has 0 bridgehead atoms. The van der Waals surface area contributed by atoms with Crippen LogP contribution in [0.2, 0.25) is 0 Å². The normalized spacial score (nSPS) is 21.1. The lowest BCUT2D eigenvalue weighted by Crippen LogP contribution is -2.39. The molecule has 1 N–H and O–H groups in total. The molecule has 1 amide bonds. The second-order valence-electron chi connectivity index (χ2n) is 7.74. The Balaban J connectivity index is 1.16. The number of benzene rings is 1. The standard InChI is InChI=1S/C21H29N5O2/c27-21(20-16-26(24-23-20)15-19-7-4-14-28-19)22-10-13-25-11-8-18(9-12-25)17-5-2-1-3-6-17/h1-3,5-6,16,18-19H,4,7-15H2,(H,22,27)/t19-/m0/s1. The maximum absolute atomic E-state index is 12.3. The summed E-state index contributed by atoms with van der Waals surface area (Å²) in [4.78, 5) is 14.7. The molecule has 2 aromatic rings. The number of rotatable bonds is 7. The number of piperidine rings is 1. The molecule has 0 spiro atoms. The van der Waals surface area contributed by atoms with Crippen LogP contribution in [-0.2, 0) is 11.3 Å². The van der Waals surface area contributed by atoms with Crippen molar-refractivity contribution < 1.29 is 9.53 Å². The summed E-state index contributed by atoms with van der Waals surface area (Å²) in [6.45, 7) is 5.14. The highest BCUT2D eigenvalue weighted by Gasteiger charge is 2.21. The van der Waals surface area contributed by atoms with Gasteiger partial charge in [0.15, 0.2) is 5.69 Å². The van der Waals surface area contributed by atoms with Crippen molar-refractivity contribution in [1.29, 1.82) is 0 Å². The molecule has 2 aliphatic heterocycles. The molecule has 7 heteroatoms. The fraction of sp³-hybridized carbons (Fsp3) is 0.571. The summed E-state index contributed by atoms with van der Waals surface area (Å²) in [5, 5.41) is 11.0. The van der Waals surface area contributed by atoms with E-state index in [4.69, 9.17) is 4.74 Å². The number of hydrogen-bond donors (Lipinski definition) is 1. The summed E-state index contributed by atoms with van der Waals surface area (Å²) in [5.74, 6) is 0.503. The third kappa shape index (κ3) is 4.97. The zero-order valence-electron chi connectivity index (χ0n) is 16.3. The minimum absolute atomic E-state index is 0.155. The Morgan fingerprint density at radius 3 is 2.75 bits per heavy atom. The van der Waals surface area contributed by atoms with E-state index in [9.17, 15) is 4.79 Å². The molecule has 150 valence electrons. The summed E-state index contributed by atoms with van der Waals surface area (Å²) in [7, 11) is 0. The van der Waals surface area contributed by atoms with E-state index in [0.29, 0.717) is 24.7 Å². The van der Waals surface area contributed by atoms with Gasteiger partial charge in [-0.05, 0) is 50.3 Å². The average Bonchev–Trinajstić information content (AvgIpc) is 3.42. The van der Waals surface area contributed by atoms with Crippen LogP contribution in [0.25, 0.3) is 0 Å². The van der Waals surface area contributed by atoms with Crippen molar-refractivity contribution in [3.8, 4) is 0 Å². The van der Waals surface area contributed by atoms with Crippen molar-refractivity contribution in [3.63, 3.8) is 0 Å². The molecule has 3 heterocycles. The quantitative estimate of drug-likeness (QED) is 0.792. The summed E-state index contributed by atoms with van der Waals surface area (Å²) >= 11 is 0. The first-order valence-electron chi connectivity index (χ1n) is 10.3. The molecule has 4 rings (SSSR count). The summed E-state index contributed by atoms with van der Waals surface area (Å²) in [6, 6.07) is 10.8. The zero-order chi connectivity index (χ0) is 19.2. The highest BCUT2D eigenvalue weighted by atomic mass is 16.5. The first kappa shape index (κ1) is 19.1. The van der Waals surface area contributed by atoms with Crippen molar-refractivity contribution in [1.82, 2.24) is 25.2 Å². The van der Waals surface area contributed by atoms with E-state index >= 15 is 0 Å². The van der Waals surface area contributed by atoms with Gasteiger partial charge in [0.05, 0.1) is 18.8 Å². The number of hydrogen-bond acceptors (Lipinski definition) is 5. The van der Waals surface area contributed by atoms with Gasteiger partial charge in [0.2, 0.25) is 0 Å². The van der Waals surface area contributed by atoms with E-state index in [1.54, 1.807) is 10.9 Å². The van der Waals surface area contributed by atoms with Gasteiger partial charge in [-0.3, -0.25) is 4.79 Å². The molecule has 0 aliphatic carbocycles. The van der Waals surface area contributed by atoms with Crippen LogP contribution in [0.15, 0.2) is 36.5 Å². The van der Waals surface area contributed by atoms with Crippen LogP contribution in [0.4, 0.5) is 0 Å². The second-order valence-corrected chi connectivity index (χ2v) is 7.74. The van der Waals surface area contributed by atoms with E-state index in [-0.39, 0.29) is 12.0 Å². The number of ether oxygens (including phenoxy) is 1. The predicted octanol–water partition coefficient (Wildman–Crippen LogP) is 2.07. The molecular weight excluding hydrogens is 354 g/mol. The summed E-state index contributed by atoms with van der Waals surface area (Å²) in [5.41, 5.74) is 1.82. The SMILES string of the molecule is O=C(NCCN1CCC(c2ccccc2)CC1)c1cn(C[C@@H]2CCCO2)nn1. The third-order valence-electron chi connectivity index (χ3n) is 5.76. The molecule has 0 saturated carbocycles. The molecule has 7 nitrogen and oxygen atoms in total. The number of carbonyl (C=O) groups excluding carboxylic acids is 1. The van der Waals surface area contributed by atoms with Crippen molar-refractivity contribution in [2.45, 2.75) is 44.2 Å². The van der Waals surface area contributed by atoms with Gasteiger partial charge >= 0.3 is 0 Å². The summed E-state index contributed by atoms with van der Waals surface area (Å²) in [6.07, 6.45) is 6.39. The van der Waals surface area contributed by atoms with E-state index in [1.165, 1.54) is 18.4 Å². The Bertz CT molecular complexity index is 749. The molecule has 2 aliphatic rings. The molecule has 2 fully saturated rings.